The Balaban J connectivity index is 2.81. The van der Waals surface area contributed by atoms with E-state index in [1.807, 2.05) is 0 Å². The topological polar surface area (TPSA) is 78.4 Å². The monoisotopic (exact) mass is 302 g/mol. The van der Waals surface area contributed by atoms with Crippen molar-refractivity contribution >= 4 is 29.3 Å². The van der Waals surface area contributed by atoms with E-state index in [1.54, 1.807) is 6.92 Å². The number of carbonyl (C=O) groups excluding carboxylic acids is 1. The predicted molar refractivity (Wildman–Crippen MR) is 74.5 cm³/mol. The van der Waals surface area contributed by atoms with E-state index in [1.165, 1.54) is 19.1 Å². The molecule has 0 radical (unpaired) electrons. The predicted octanol–water partition coefficient (Wildman–Crippen LogP) is 3.24. The zero-order valence-electron chi connectivity index (χ0n) is 11.2. The first-order valence-corrected chi connectivity index (χ1v) is 6.44. The first-order chi connectivity index (χ1) is 9.28. The molecule has 0 heterocycles. The highest BCUT2D eigenvalue weighted by molar-refractivity contribution is 6.30. The van der Waals surface area contributed by atoms with Crippen molar-refractivity contribution in [2.75, 3.05) is 5.32 Å². The molecule has 1 aromatic rings. The van der Waals surface area contributed by atoms with E-state index in [9.17, 15) is 14.0 Å². The molecule has 0 bridgehead atoms. The quantitative estimate of drug-likeness (QED) is 0.781. The molecule has 0 fully saturated rings. The van der Waals surface area contributed by atoms with E-state index in [-0.39, 0.29) is 17.1 Å². The minimum atomic E-state index is -1.41. The Kier molecular flexibility index (Phi) is 5.33. The van der Waals surface area contributed by atoms with Gasteiger partial charge < -0.3 is 15.7 Å². The zero-order chi connectivity index (χ0) is 15.3. The number of aliphatic carboxylic acids is 1. The van der Waals surface area contributed by atoms with E-state index in [4.69, 9.17) is 16.7 Å². The molecule has 1 rings (SSSR count). The van der Waals surface area contributed by atoms with Crippen molar-refractivity contribution in [1.29, 1.82) is 0 Å². The third kappa shape index (κ3) is 4.09. The summed E-state index contributed by atoms with van der Waals surface area (Å²) in [5.74, 6) is -1.81. The number of urea groups is 1. The third-order valence-corrected chi connectivity index (χ3v) is 3.02. The number of anilines is 1. The molecular weight excluding hydrogens is 287 g/mol. The second-order valence-electron chi connectivity index (χ2n) is 4.59. The Bertz CT molecular complexity index is 524. The van der Waals surface area contributed by atoms with Crippen molar-refractivity contribution in [1.82, 2.24) is 5.32 Å². The molecule has 2 amide bonds. The average molecular weight is 303 g/mol. The van der Waals surface area contributed by atoms with Gasteiger partial charge in [0.25, 0.3) is 0 Å². The van der Waals surface area contributed by atoms with Gasteiger partial charge in [-0.3, -0.25) is 0 Å². The highest BCUT2D eigenvalue weighted by Crippen LogP contribution is 2.20. The molecule has 7 heteroatoms. The molecule has 0 saturated heterocycles. The SMILES string of the molecule is CCCC(C)(NC(=O)Nc1cc(Cl)ccc1F)C(=O)O. The molecule has 20 heavy (non-hydrogen) atoms. The van der Waals surface area contributed by atoms with Crippen molar-refractivity contribution in [3.05, 3.63) is 29.0 Å². The minimum Gasteiger partial charge on any atom is -0.480 e. The van der Waals surface area contributed by atoms with Crippen LogP contribution >= 0.6 is 11.6 Å². The first-order valence-electron chi connectivity index (χ1n) is 6.06. The maximum atomic E-state index is 13.5. The molecule has 0 aliphatic carbocycles. The van der Waals surface area contributed by atoms with Gasteiger partial charge in [0.2, 0.25) is 0 Å². The van der Waals surface area contributed by atoms with Gasteiger partial charge in [0, 0.05) is 5.02 Å². The number of halogens is 2. The molecule has 0 aromatic heterocycles. The molecule has 1 unspecified atom stereocenters. The van der Waals surface area contributed by atoms with Gasteiger partial charge in [-0.25, -0.2) is 14.0 Å². The van der Waals surface area contributed by atoms with E-state index in [0.29, 0.717) is 6.42 Å². The molecule has 110 valence electrons. The van der Waals surface area contributed by atoms with Crippen molar-refractivity contribution in [3.8, 4) is 0 Å². The van der Waals surface area contributed by atoms with Crippen LogP contribution in [-0.4, -0.2) is 22.6 Å². The summed E-state index contributed by atoms with van der Waals surface area (Å²) >= 11 is 5.70. The highest BCUT2D eigenvalue weighted by Gasteiger charge is 2.33. The third-order valence-electron chi connectivity index (χ3n) is 2.79. The summed E-state index contributed by atoms with van der Waals surface area (Å²) in [7, 11) is 0. The van der Waals surface area contributed by atoms with Crippen LogP contribution in [0.4, 0.5) is 14.9 Å². The first kappa shape index (κ1) is 16.2. The van der Waals surface area contributed by atoms with Crippen molar-refractivity contribution in [2.24, 2.45) is 0 Å². The standard InChI is InChI=1S/C13H16ClFN2O3/c1-3-6-13(2,11(18)19)17-12(20)16-10-7-8(14)4-5-9(10)15/h4-5,7H,3,6H2,1-2H3,(H,18,19)(H2,16,17,20). The van der Waals surface area contributed by atoms with Crippen LogP contribution in [0.15, 0.2) is 18.2 Å². The largest absolute Gasteiger partial charge is 0.480 e. The normalized spacial score (nSPS) is 13.4. The summed E-state index contributed by atoms with van der Waals surface area (Å²) in [5, 5.41) is 14.0. The van der Waals surface area contributed by atoms with Crippen LogP contribution < -0.4 is 10.6 Å². The lowest BCUT2D eigenvalue weighted by atomic mass is 9.97. The van der Waals surface area contributed by atoms with Gasteiger partial charge in [0.1, 0.15) is 11.4 Å². The summed E-state index contributed by atoms with van der Waals surface area (Å²) in [6.07, 6.45) is 0.836. The average Bonchev–Trinajstić information content (AvgIpc) is 2.33. The number of rotatable bonds is 5. The summed E-state index contributed by atoms with van der Waals surface area (Å²) < 4.78 is 13.5. The van der Waals surface area contributed by atoms with Crippen LogP contribution in [0, 0.1) is 5.82 Å². The maximum absolute atomic E-state index is 13.5. The van der Waals surface area contributed by atoms with Crippen LogP contribution in [0.5, 0.6) is 0 Å². The molecule has 0 aliphatic heterocycles. The summed E-state index contributed by atoms with van der Waals surface area (Å²) in [5.41, 5.74) is -1.52. The highest BCUT2D eigenvalue weighted by atomic mass is 35.5. The number of benzene rings is 1. The Morgan fingerprint density at radius 1 is 1.45 bits per heavy atom. The summed E-state index contributed by atoms with van der Waals surface area (Å²) in [6, 6.07) is 2.90. The van der Waals surface area contributed by atoms with Crippen molar-refractivity contribution in [3.63, 3.8) is 0 Å². The maximum Gasteiger partial charge on any atom is 0.329 e. The molecule has 0 aliphatic rings. The van der Waals surface area contributed by atoms with Crippen LogP contribution in [0.2, 0.25) is 5.02 Å². The van der Waals surface area contributed by atoms with Gasteiger partial charge in [-0.15, -0.1) is 0 Å². The van der Waals surface area contributed by atoms with E-state index < -0.39 is 23.4 Å². The lowest BCUT2D eigenvalue weighted by molar-refractivity contribution is -0.143. The zero-order valence-corrected chi connectivity index (χ0v) is 11.9. The fourth-order valence-electron chi connectivity index (χ4n) is 1.72. The van der Waals surface area contributed by atoms with Gasteiger partial charge >= 0.3 is 12.0 Å². The molecule has 0 saturated carbocycles. The lowest BCUT2D eigenvalue weighted by Gasteiger charge is -2.25. The number of hydrogen-bond acceptors (Lipinski definition) is 2. The number of carboxylic acid groups (broad SMARTS) is 1. The Morgan fingerprint density at radius 3 is 2.65 bits per heavy atom. The van der Waals surface area contributed by atoms with Crippen LogP contribution in [-0.2, 0) is 4.79 Å². The fraction of sp³-hybridized carbons (Fsp3) is 0.385. The van der Waals surface area contributed by atoms with Crippen molar-refractivity contribution in [2.45, 2.75) is 32.2 Å². The number of carboxylic acids is 1. The van der Waals surface area contributed by atoms with Crippen molar-refractivity contribution < 1.29 is 19.1 Å². The lowest BCUT2D eigenvalue weighted by Crippen LogP contribution is -2.53. The molecule has 1 atom stereocenters. The number of amides is 2. The molecule has 0 spiro atoms. The smallest absolute Gasteiger partial charge is 0.329 e. The van der Waals surface area contributed by atoms with Gasteiger partial charge in [-0.05, 0) is 31.5 Å². The molecule has 5 nitrogen and oxygen atoms in total. The van der Waals surface area contributed by atoms with Gasteiger partial charge in [-0.1, -0.05) is 24.9 Å². The second kappa shape index (κ2) is 6.56. The molecule has 3 N–H and O–H groups in total. The second-order valence-corrected chi connectivity index (χ2v) is 5.03. The van der Waals surface area contributed by atoms with Gasteiger partial charge in [0.05, 0.1) is 5.69 Å². The van der Waals surface area contributed by atoms with Crippen LogP contribution in [0.1, 0.15) is 26.7 Å². The fourth-order valence-corrected chi connectivity index (χ4v) is 1.89. The van der Waals surface area contributed by atoms with E-state index in [0.717, 1.165) is 6.07 Å². The van der Waals surface area contributed by atoms with Crippen LogP contribution in [0.25, 0.3) is 0 Å². The summed E-state index contributed by atoms with van der Waals surface area (Å²) in [4.78, 5) is 23.0. The van der Waals surface area contributed by atoms with Gasteiger partial charge in [0.15, 0.2) is 0 Å². The summed E-state index contributed by atoms with van der Waals surface area (Å²) in [6.45, 7) is 3.20. The van der Waals surface area contributed by atoms with Crippen LogP contribution in [0.3, 0.4) is 0 Å². The Morgan fingerprint density at radius 2 is 2.10 bits per heavy atom. The Hall–Kier alpha value is -1.82. The molecule has 1 aromatic carbocycles. The minimum absolute atomic E-state index is 0.112. The number of hydrogen-bond donors (Lipinski definition) is 3. The number of nitrogens with one attached hydrogen (secondary N) is 2. The Labute approximate surface area is 121 Å². The number of carbonyl (C=O) groups is 2. The molecular formula is C13H16ClFN2O3. The van der Waals surface area contributed by atoms with Gasteiger partial charge in [-0.2, -0.15) is 0 Å². The van der Waals surface area contributed by atoms with E-state index >= 15 is 0 Å². The van der Waals surface area contributed by atoms with E-state index in [2.05, 4.69) is 10.6 Å².